The lowest BCUT2D eigenvalue weighted by atomic mass is 9.71. The number of likely N-dealkylation sites (N-methyl/N-ethyl adjacent to an activating group) is 1. The lowest BCUT2D eigenvalue weighted by Crippen LogP contribution is -2.31. The van der Waals surface area contributed by atoms with Crippen LogP contribution in [0.4, 0.5) is 0 Å². The predicted octanol–water partition coefficient (Wildman–Crippen LogP) is 5.20. The minimum Gasteiger partial charge on any atom is -0.491 e. The molecular weight excluding hydrogens is 444 g/mol. The molecule has 1 heterocycles. The van der Waals surface area contributed by atoms with Gasteiger partial charge in [0.05, 0.1) is 22.1 Å². The molecule has 1 aliphatic rings. The molecule has 1 N–H and O–H groups in total. The summed E-state index contributed by atoms with van der Waals surface area (Å²) < 4.78 is 8.31. The van der Waals surface area contributed by atoms with Gasteiger partial charge in [-0.1, -0.05) is 33.8 Å². The van der Waals surface area contributed by atoms with Crippen molar-refractivity contribution in [3.63, 3.8) is 0 Å². The van der Waals surface area contributed by atoms with Gasteiger partial charge in [0.25, 0.3) is 0 Å². The molecule has 4 rings (SSSR count). The van der Waals surface area contributed by atoms with Gasteiger partial charge in [-0.15, -0.1) is 0 Å². The number of aromatic nitrogens is 1. The number of aromatic amines is 1. The Morgan fingerprint density at radius 3 is 2.53 bits per heavy atom. The fourth-order valence-electron chi connectivity index (χ4n) is 4.71. The molecule has 1 aliphatic carbocycles. The number of hydrogen-bond donors (Lipinski definition) is 1. The molecule has 178 valence electrons. The van der Waals surface area contributed by atoms with Gasteiger partial charge < -0.3 is 14.6 Å². The van der Waals surface area contributed by atoms with Crippen molar-refractivity contribution in [3.8, 4) is 11.8 Å². The van der Waals surface area contributed by atoms with Crippen LogP contribution in [0.3, 0.4) is 0 Å². The van der Waals surface area contributed by atoms with Gasteiger partial charge in [0.15, 0.2) is 5.78 Å². The number of ketones is 1. The molecule has 0 saturated carbocycles. The van der Waals surface area contributed by atoms with Crippen molar-refractivity contribution in [2.45, 2.75) is 38.0 Å². The molecule has 0 spiro atoms. The molecule has 0 amide bonds. The van der Waals surface area contributed by atoms with Crippen LogP contribution in [0, 0.1) is 11.3 Å². The zero-order valence-corrected chi connectivity index (χ0v) is 21.6. The highest BCUT2D eigenvalue weighted by Crippen LogP contribution is 2.47. The minimum absolute atomic E-state index is 0.00980. The SMILES string of the molecule is CCN(CC)CCOc1cc2c(cc1SN(C)C)C(=O)c1c([nH]c3cc(C#N)ccc13)C2(C)C. The van der Waals surface area contributed by atoms with E-state index in [1.807, 2.05) is 36.6 Å². The summed E-state index contributed by atoms with van der Waals surface area (Å²) in [6.45, 7) is 12.0. The summed E-state index contributed by atoms with van der Waals surface area (Å²) in [5, 5.41) is 10.2. The van der Waals surface area contributed by atoms with Gasteiger partial charge in [-0.3, -0.25) is 9.10 Å². The summed E-state index contributed by atoms with van der Waals surface area (Å²) >= 11 is 1.56. The maximum Gasteiger partial charge on any atom is 0.195 e. The maximum absolute atomic E-state index is 13.8. The number of benzene rings is 2. The first-order chi connectivity index (χ1) is 16.2. The van der Waals surface area contributed by atoms with Crippen LogP contribution in [0.2, 0.25) is 0 Å². The van der Waals surface area contributed by atoms with Crippen LogP contribution in [0.1, 0.15) is 60.4 Å². The van der Waals surface area contributed by atoms with E-state index in [1.165, 1.54) is 0 Å². The van der Waals surface area contributed by atoms with Crippen molar-refractivity contribution in [1.82, 2.24) is 14.2 Å². The average Bonchev–Trinajstić information content (AvgIpc) is 3.20. The van der Waals surface area contributed by atoms with Gasteiger partial charge in [0, 0.05) is 34.1 Å². The Labute approximate surface area is 206 Å². The number of ether oxygens (including phenoxy) is 1. The lowest BCUT2D eigenvalue weighted by molar-refractivity contribution is 0.103. The van der Waals surface area contributed by atoms with E-state index in [-0.39, 0.29) is 5.78 Å². The highest BCUT2D eigenvalue weighted by atomic mass is 32.2. The average molecular weight is 477 g/mol. The molecule has 0 atom stereocenters. The molecular formula is C27H32N4O2S. The van der Waals surface area contributed by atoms with E-state index in [2.05, 4.69) is 49.7 Å². The number of fused-ring (bicyclic) bond motifs is 4. The molecule has 7 heteroatoms. The molecule has 0 aliphatic heterocycles. The zero-order chi connectivity index (χ0) is 24.6. The Kier molecular flexibility index (Phi) is 6.77. The first-order valence-electron chi connectivity index (χ1n) is 11.7. The summed E-state index contributed by atoms with van der Waals surface area (Å²) in [5.41, 5.74) is 4.22. The summed E-state index contributed by atoms with van der Waals surface area (Å²) in [5.74, 6) is 0.812. The van der Waals surface area contributed by atoms with E-state index in [9.17, 15) is 10.1 Å². The number of carbonyl (C=O) groups excluding carboxylic acids is 1. The first-order valence-corrected chi connectivity index (χ1v) is 12.5. The summed E-state index contributed by atoms with van der Waals surface area (Å²) in [4.78, 5) is 20.5. The lowest BCUT2D eigenvalue weighted by Gasteiger charge is -2.33. The third kappa shape index (κ3) is 4.22. The van der Waals surface area contributed by atoms with Crippen LogP contribution in [-0.2, 0) is 5.41 Å². The molecule has 0 bridgehead atoms. The van der Waals surface area contributed by atoms with Gasteiger partial charge in [-0.05, 0) is 69.0 Å². The highest BCUT2D eigenvalue weighted by Gasteiger charge is 2.40. The van der Waals surface area contributed by atoms with Crippen LogP contribution in [0.15, 0.2) is 35.2 Å². The van der Waals surface area contributed by atoms with Crippen molar-refractivity contribution >= 4 is 28.6 Å². The maximum atomic E-state index is 13.8. The Morgan fingerprint density at radius 1 is 1.15 bits per heavy atom. The third-order valence-electron chi connectivity index (χ3n) is 6.62. The largest absolute Gasteiger partial charge is 0.491 e. The second-order valence-corrected chi connectivity index (χ2v) is 10.7. The summed E-state index contributed by atoms with van der Waals surface area (Å²) in [7, 11) is 3.97. The monoisotopic (exact) mass is 476 g/mol. The van der Waals surface area contributed by atoms with E-state index >= 15 is 0 Å². The molecule has 1 aromatic heterocycles. The Morgan fingerprint density at radius 2 is 1.88 bits per heavy atom. The van der Waals surface area contributed by atoms with E-state index in [0.717, 1.165) is 52.4 Å². The van der Waals surface area contributed by atoms with Crippen LogP contribution >= 0.6 is 11.9 Å². The molecule has 0 radical (unpaired) electrons. The van der Waals surface area contributed by atoms with Crippen molar-refractivity contribution in [2.24, 2.45) is 0 Å². The number of nitrogens with one attached hydrogen (secondary N) is 1. The smallest absolute Gasteiger partial charge is 0.195 e. The standard InChI is InChI=1S/C27H32N4O2S/c1-7-31(8-2)11-12-33-22-15-20-19(14-23(22)34-30(5)6)25(32)24-18-10-9-17(16-28)13-21(18)29-26(24)27(20,3)4/h9-10,13-15,29H,7-8,11-12H2,1-6H3. The van der Waals surface area contributed by atoms with Gasteiger partial charge in [-0.25, -0.2) is 0 Å². The summed E-state index contributed by atoms with van der Waals surface area (Å²) in [6.07, 6.45) is 0. The number of hydrogen-bond acceptors (Lipinski definition) is 6. The Balaban J connectivity index is 1.81. The van der Waals surface area contributed by atoms with Gasteiger partial charge >= 0.3 is 0 Å². The van der Waals surface area contributed by atoms with Crippen LogP contribution in [-0.4, -0.2) is 60.3 Å². The molecule has 0 unspecified atom stereocenters. The molecule has 3 aromatic rings. The van der Waals surface area contributed by atoms with E-state index in [4.69, 9.17) is 4.74 Å². The van der Waals surface area contributed by atoms with Crippen molar-refractivity contribution in [2.75, 3.05) is 40.3 Å². The van der Waals surface area contributed by atoms with E-state index in [1.54, 1.807) is 18.0 Å². The third-order valence-corrected chi connectivity index (χ3v) is 7.50. The Bertz CT molecular complexity index is 1280. The fraction of sp³-hybridized carbons (Fsp3) is 0.407. The molecule has 2 aromatic carbocycles. The second-order valence-electron chi connectivity index (χ2n) is 9.32. The normalized spacial score (nSPS) is 14.4. The molecule has 34 heavy (non-hydrogen) atoms. The minimum atomic E-state index is -0.428. The molecule has 0 saturated heterocycles. The predicted molar refractivity (Wildman–Crippen MR) is 138 cm³/mol. The Hall–Kier alpha value is -2.79. The van der Waals surface area contributed by atoms with E-state index < -0.39 is 5.41 Å². The van der Waals surface area contributed by atoms with Gasteiger partial charge in [-0.2, -0.15) is 5.26 Å². The number of nitriles is 1. The topological polar surface area (TPSA) is 72.4 Å². The fourth-order valence-corrected chi connectivity index (χ4v) is 5.48. The number of carbonyl (C=O) groups is 1. The second kappa shape index (κ2) is 9.46. The van der Waals surface area contributed by atoms with E-state index in [0.29, 0.717) is 23.3 Å². The zero-order valence-electron chi connectivity index (χ0n) is 20.8. The van der Waals surface area contributed by atoms with Gasteiger partial charge in [0.1, 0.15) is 12.4 Å². The van der Waals surface area contributed by atoms with Gasteiger partial charge in [0.2, 0.25) is 0 Å². The first kappa shape index (κ1) is 24.3. The number of rotatable bonds is 8. The van der Waals surface area contributed by atoms with Crippen molar-refractivity contribution in [3.05, 3.63) is 58.3 Å². The number of nitrogens with zero attached hydrogens (tertiary/aromatic N) is 3. The molecule has 6 nitrogen and oxygen atoms in total. The van der Waals surface area contributed by atoms with Crippen LogP contribution < -0.4 is 4.74 Å². The summed E-state index contributed by atoms with van der Waals surface area (Å²) in [6, 6.07) is 11.7. The number of H-pyrrole nitrogens is 1. The van der Waals surface area contributed by atoms with Crippen LogP contribution in [0.5, 0.6) is 5.75 Å². The van der Waals surface area contributed by atoms with Crippen molar-refractivity contribution < 1.29 is 9.53 Å². The van der Waals surface area contributed by atoms with Crippen molar-refractivity contribution in [1.29, 1.82) is 5.26 Å². The molecule has 0 fully saturated rings. The van der Waals surface area contributed by atoms with Crippen LogP contribution in [0.25, 0.3) is 10.9 Å². The highest BCUT2D eigenvalue weighted by molar-refractivity contribution is 7.97. The quantitative estimate of drug-likeness (QED) is 0.451.